The van der Waals surface area contributed by atoms with Gasteiger partial charge < -0.3 is 5.11 Å². The zero-order chi connectivity index (χ0) is 27.4. The fourth-order valence-electron chi connectivity index (χ4n) is 8.28. The quantitative estimate of drug-likeness (QED) is 0.350. The van der Waals surface area contributed by atoms with Gasteiger partial charge in [-0.25, -0.2) is 0 Å². The molecule has 0 spiro atoms. The highest BCUT2D eigenvalue weighted by Crippen LogP contribution is 2.67. The topological polar surface area (TPSA) is 78.2 Å². The molecule has 0 aliphatic heterocycles. The van der Waals surface area contributed by atoms with Crippen LogP contribution in [0.4, 0.5) is 0 Å². The first-order valence-corrected chi connectivity index (χ1v) is 14.3. The Morgan fingerprint density at radius 2 is 1.72 bits per heavy atom. The first kappa shape index (κ1) is 25.7. The normalized spacial score (nSPS) is 31.8. The average Bonchev–Trinajstić information content (AvgIpc) is 3.22. The van der Waals surface area contributed by atoms with Crippen molar-refractivity contribution < 1.29 is 14.7 Å². The second kappa shape index (κ2) is 9.57. The first-order valence-electron chi connectivity index (χ1n) is 14.3. The summed E-state index contributed by atoms with van der Waals surface area (Å²) in [7, 11) is 0. The lowest BCUT2D eigenvalue weighted by Crippen LogP contribution is -2.50. The molecule has 1 N–H and O–H groups in total. The standard InChI is InChI=1S/C35H35NO3/c1-3-17-35(39)18-16-31-29-14-12-26-19-27(37)13-15-28(26)32(29)30(20-34(31,35)2)23-8-10-25(11-9-23)33(38)24-6-4-22(21-36)5-7-24/h3-11,17,19,29-31,39H,12-16,18,20H2,1-2H3/t29?,30-,31?,34+,35+/m1/s1. The van der Waals surface area contributed by atoms with E-state index in [1.54, 1.807) is 24.3 Å². The molecule has 0 aromatic heterocycles. The lowest BCUT2D eigenvalue weighted by Gasteiger charge is -2.54. The van der Waals surface area contributed by atoms with Crippen molar-refractivity contribution in [2.75, 3.05) is 0 Å². The summed E-state index contributed by atoms with van der Waals surface area (Å²) in [4.78, 5) is 25.5. The third kappa shape index (κ3) is 4.07. The van der Waals surface area contributed by atoms with Gasteiger partial charge in [0.2, 0.25) is 0 Å². The smallest absolute Gasteiger partial charge is 0.193 e. The van der Waals surface area contributed by atoms with E-state index in [0.717, 1.165) is 38.5 Å². The Kier molecular flexibility index (Phi) is 6.31. The number of rotatable bonds is 4. The van der Waals surface area contributed by atoms with E-state index in [1.807, 2.05) is 37.3 Å². The molecule has 0 amide bonds. The third-order valence-electron chi connectivity index (χ3n) is 10.2. The van der Waals surface area contributed by atoms with Gasteiger partial charge in [-0.05, 0) is 104 Å². The second-order valence-corrected chi connectivity index (χ2v) is 12.1. The zero-order valence-corrected chi connectivity index (χ0v) is 22.7. The van der Waals surface area contributed by atoms with Gasteiger partial charge >= 0.3 is 0 Å². The van der Waals surface area contributed by atoms with Crippen molar-refractivity contribution in [3.8, 4) is 6.07 Å². The van der Waals surface area contributed by atoms with Gasteiger partial charge in [0.1, 0.15) is 0 Å². The minimum atomic E-state index is -0.828. The molecule has 39 heavy (non-hydrogen) atoms. The summed E-state index contributed by atoms with van der Waals surface area (Å²) < 4.78 is 0. The highest BCUT2D eigenvalue weighted by Gasteiger charge is 2.61. The number of aliphatic hydroxyl groups is 1. The molecule has 5 atom stereocenters. The van der Waals surface area contributed by atoms with Crippen LogP contribution < -0.4 is 0 Å². The first-order chi connectivity index (χ1) is 18.8. The number of carbonyl (C=O) groups is 2. The number of hydrogen-bond donors (Lipinski definition) is 1. The molecule has 4 aliphatic rings. The maximum Gasteiger partial charge on any atom is 0.193 e. The van der Waals surface area contributed by atoms with Crippen LogP contribution >= 0.6 is 0 Å². The molecule has 2 saturated carbocycles. The second-order valence-electron chi connectivity index (χ2n) is 12.1. The molecule has 0 bridgehead atoms. The molecule has 4 nitrogen and oxygen atoms in total. The number of allylic oxidation sites excluding steroid dienone is 5. The molecule has 2 aromatic carbocycles. The molecule has 4 aliphatic carbocycles. The molecule has 0 radical (unpaired) electrons. The molecular formula is C35H35NO3. The highest BCUT2D eigenvalue weighted by atomic mass is 16.3. The van der Waals surface area contributed by atoms with Crippen LogP contribution in [0.15, 0.2) is 83.5 Å². The van der Waals surface area contributed by atoms with Gasteiger partial charge in [0.15, 0.2) is 11.6 Å². The predicted octanol–water partition coefficient (Wildman–Crippen LogP) is 7.00. The van der Waals surface area contributed by atoms with E-state index in [4.69, 9.17) is 5.26 Å². The predicted molar refractivity (Wildman–Crippen MR) is 151 cm³/mol. The molecule has 2 aromatic rings. The van der Waals surface area contributed by atoms with Crippen LogP contribution in [0.2, 0.25) is 0 Å². The van der Waals surface area contributed by atoms with Crippen LogP contribution in [0.5, 0.6) is 0 Å². The molecule has 6 rings (SSSR count). The van der Waals surface area contributed by atoms with Crippen molar-refractivity contribution in [3.63, 3.8) is 0 Å². The SMILES string of the molecule is CC=C[C@]1(O)CCC2C3CCC4=CC(=O)CCC4=C3[C@@H](c3ccc(C(=O)c4ccc(C#N)cc4)cc3)C[C@@]21C. The Balaban J connectivity index is 1.41. The summed E-state index contributed by atoms with van der Waals surface area (Å²) in [5.74, 6) is 1.12. The van der Waals surface area contributed by atoms with Crippen molar-refractivity contribution in [1.82, 2.24) is 0 Å². The summed E-state index contributed by atoms with van der Waals surface area (Å²) in [6.45, 7) is 4.28. The van der Waals surface area contributed by atoms with Crippen LogP contribution in [0.1, 0.15) is 91.8 Å². The lowest BCUT2D eigenvalue weighted by molar-refractivity contribution is -0.114. The van der Waals surface area contributed by atoms with E-state index < -0.39 is 5.60 Å². The highest BCUT2D eigenvalue weighted by molar-refractivity contribution is 6.09. The van der Waals surface area contributed by atoms with Gasteiger partial charge in [-0.3, -0.25) is 9.59 Å². The van der Waals surface area contributed by atoms with Crippen LogP contribution in [0, 0.1) is 28.6 Å². The number of fused-ring (bicyclic) bond motifs is 4. The van der Waals surface area contributed by atoms with E-state index in [0.29, 0.717) is 34.9 Å². The molecule has 4 heteroatoms. The van der Waals surface area contributed by atoms with Gasteiger partial charge in [0, 0.05) is 28.9 Å². The third-order valence-corrected chi connectivity index (χ3v) is 10.2. The van der Waals surface area contributed by atoms with Crippen LogP contribution in [-0.4, -0.2) is 22.3 Å². The van der Waals surface area contributed by atoms with Gasteiger partial charge in [-0.1, -0.05) is 48.9 Å². The monoisotopic (exact) mass is 517 g/mol. The largest absolute Gasteiger partial charge is 0.385 e. The van der Waals surface area contributed by atoms with Crippen LogP contribution in [-0.2, 0) is 4.79 Å². The number of hydrogen-bond acceptors (Lipinski definition) is 4. The minimum Gasteiger partial charge on any atom is -0.385 e. The van der Waals surface area contributed by atoms with Crippen molar-refractivity contribution in [3.05, 3.63) is 106 Å². The maximum absolute atomic E-state index is 13.2. The van der Waals surface area contributed by atoms with E-state index in [9.17, 15) is 14.7 Å². The average molecular weight is 518 g/mol. The van der Waals surface area contributed by atoms with Crippen molar-refractivity contribution >= 4 is 11.6 Å². The Bertz CT molecular complexity index is 1470. The van der Waals surface area contributed by atoms with Crippen LogP contribution in [0.3, 0.4) is 0 Å². The summed E-state index contributed by atoms with van der Waals surface area (Å²) in [5, 5.41) is 21.0. The summed E-state index contributed by atoms with van der Waals surface area (Å²) in [5.41, 5.74) is 5.91. The Hall–Kier alpha value is -3.55. The Morgan fingerprint density at radius 1 is 1.03 bits per heavy atom. The van der Waals surface area contributed by atoms with Crippen LogP contribution in [0.25, 0.3) is 0 Å². The van der Waals surface area contributed by atoms with E-state index in [2.05, 4.69) is 25.1 Å². The number of nitriles is 1. The molecule has 2 fully saturated rings. The molecule has 2 unspecified atom stereocenters. The zero-order valence-electron chi connectivity index (χ0n) is 22.7. The molecule has 198 valence electrons. The number of ketones is 2. The molecular weight excluding hydrogens is 482 g/mol. The van der Waals surface area contributed by atoms with Gasteiger partial charge in [0.05, 0.1) is 17.2 Å². The maximum atomic E-state index is 13.2. The van der Waals surface area contributed by atoms with Gasteiger partial charge in [-0.15, -0.1) is 0 Å². The minimum absolute atomic E-state index is 0.0615. The van der Waals surface area contributed by atoms with Crippen molar-refractivity contribution in [2.45, 2.75) is 70.3 Å². The van der Waals surface area contributed by atoms with Gasteiger partial charge in [0.25, 0.3) is 0 Å². The number of carbonyl (C=O) groups excluding carboxylic acids is 2. The Labute approximate surface area is 230 Å². The van der Waals surface area contributed by atoms with E-state index >= 15 is 0 Å². The lowest BCUT2D eigenvalue weighted by atomic mass is 9.51. The number of benzene rings is 2. The van der Waals surface area contributed by atoms with E-state index in [1.165, 1.54) is 22.3 Å². The fraction of sp³-hybridized carbons (Fsp3) is 0.400. The summed E-state index contributed by atoms with van der Waals surface area (Å²) in [6.07, 6.45) is 11.9. The van der Waals surface area contributed by atoms with Crippen molar-refractivity contribution in [1.29, 1.82) is 5.26 Å². The molecule has 0 heterocycles. The van der Waals surface area contributed by atoms with Gasteiger partial charge in [-0.2, -0.15) is 5.26 Å². The summed E-state index contributed by atoms with van der Waals surface area (Å²) in [6, 6.07) is 16.9. The van der Waals surface area contributed by atoms with Crippen molar-refractivity contribution in [2.24, 2.45) is 17.3 Å². The molecule has 0 saturated heterocycles. The number of nitrogens with zero attached hydrogens (tertiary/aromatic N) is 1. The summed E-state index contributed by atoms with van der Waals surface area (Å²) >= 11 is 0. The van der Waals surface area contributed by atoms with E-state index in [-0.39, 0.29) is 22.9 Å². The fourth-order valence-corrected chi connectivity index (χ4v) is 8.28. The Morgan fingerprint density at radius 3 is 2.38 bits per heavy atom.